The number of nitrogens with zero attached hydrogens (tertiary/aromatic N) is 1. The van der Waals surface area contributed by atoms with Gasteiger partial charge in [0, 0.05) is 16.6 Å². The Hall–Kier alpha value is -3.69. The number of hydrogen-bond donors (Lipinski definition) is 2. The second-order valence-electron chi connectivity index (χ2n) is 7.65. The minimum Gasteiger partial charge on any atom is -0.485 e. The topological polar surface area (TPSA) is 97.4 Å². The summed E-state index contributed by atoms with van der Waals surface area (Å²) < 4.78 is 33.8. The second kappa shape index (κ2) is 10.1. The standard InChI is InChI=1S/C25H23N3O4S2/c1-17-7-12-22(13-18(17)2)34(30,31)28-20-10-8-19(9-11-20)25(29)27-23-5-3-4-6-24(23)32-14-21-15-33-16-26-21/h3-13,15-16,28H,14H2,1-2H3,(H,27,29). The van der Waals surface area contributed by atoms with Gasteiger partial charge in [-0.25, -0.2) is 13.4 Å². The van der Waals surface area contributed by atoms with Gasteiger partial charge in [0.2, 0.25) is 0 Å². The van der Waals surface area contributed by atoms with Crippen molar-refractivity contribution >= 4 is 38.6 Å². The van der Waals surface area contributed by atoms with Crippen molar-refractivity contribution in [2.24, 2.45) is 0 Å². The van der Waals surface area contributed by atoms with Gasteiger partial charge in [0.15, 0.2) is 0 Å². The van der Waals surface area contributed by atoms with Crippen LogP contribution in [0.25, 0.3) is 0 Å². The molecule has 4 rings (SSSR count). The first kappa shape index (κ1) is 23.5. The van der Waals surface area contributed by atoms with E-state index in [1.54, 1.807) is 66.2 Å². The molecule has 1 heterocycles. The van der Waals surface area contributed by atoms with Crippen LogP contribution in [-0.2, 0) is 16.6 Å². The Labute approximate surface area is 202 Å². The van der Waals surface area contributed by atoms with Crippen LogP contribution in [0.4, 0.5) is 11.4 Å². The number of hydrogen-bond acceptors (Lipinski definition) is 6. The molecule has 0 saturated carbocycles. The number of thiazole rings is 1. The predicted octanol–water partition coefficient (Wildman–Crippen LogP) is 5.39. The van der Waals surface area contributed by atoms with Crippen LogP contribution in [0.15, 0.2) is 82.5 Å². The molecule has 9 heteroatoms. The molecule has 0 saturated heterocycles. The van der Waals surface area contributed by atoms with E-state index in [0.29, 0.717) is 29.3 Å². The number of amides is 1. The quantitative estimate of drug-likeness (QED) is 0.343. The lowest BCUT2D eigenvalue weighted by molar-refractivity contribution is 0.102. The van der Waals surface area contributed by atoms with E-state index in [4.69, 9.17) is 4.74 Å². The first-order chi connectivity index (χ1) is 16.3. The zero-order chi connectivity index (χ0) is 24.1. The van der Waals surface area contributed by atoms with Crippen LogP contribution in [0.3, 0.4) is 0 Å². The third-order valence-electron chi connectivity index (χ3n) is 5.18. The van der Waals surface area contributed by atoms with Gasteiger partial charge in [0.1, 0.15) is 12.4 Å². The van der Waals surface area contributed by atoms with Crippen LogP contribution in [-0.4, -0.2) is 19.3 Å². The van der Waals surface area contributed by atoms with Gasteiger partial charge in [-0.3, -0.25) is 9.52 Å². The number of rotatable bonds is 8. The van der Waals surface area contributed by atoms with Gasteiger partial charge >= 0.3 is 0 Å². The van der Waals surface area contributed by atoms with Crippen LogP contribution in [0.1, 0.15) is 27.2 Å². The first-order valence-electron chi connectivity index (χ1n) is 10.4. The highest BCUT2D eigenvalue weighted by Gasteiger charge is 2.16. The molecule has 174 valence electrons. The summed E-state index contributed by atoms with van der Waals surface area (Å²) in [7, 11) is -3.74. The van der Waals surface area contributed by atoms with Crippen molar-refractivity contribution < 1.29 is 17.9 Å². The third kappa shape index (κ3) is 5.62. The molecule has 7 nitrogen and oxygen atoms in total. The second-order valence-corrected chi connectivity index (χ2v) is 10.0. The molecule has 4 aromatic rings. The molecule has 0 aliphatic heterocycles. The fourth-order valence-corrected chi connectivity index (χ4v) is 4.82. The van der Waals surface area contributed by atoms with E-state index in [1.165, 1.54) is 11.3 Å². The monoisotopic (exact) mass is 493 g/mol. The highest BCUT2D eigenvalue weighted by molar-refractivity contribution is 7.92. The largest absolute Gasteiger partial charge is 0.485 e. The predicted molar refractivity (Wildman–Crippen MR) is 134 cm³/mol. The SMILES string of the molecule is Cc1ccc(S(=O)(=O)Nc2ccc(C(=O)Nc3ccccc3OCc3cscn3)cc2)cc1C. The van der Waals surface area contributed by atoms with Crippen LogP contribution in [0.5, 0.6) is 5.75 Å². The molecule has 0 unspecified atom stereocenters. The molecule has 0 atom stereocenters. The summed E-state index contributed by atoms with van der Waals surface area (Å²) in [6.07, 6.45) is 0. The van der Waals surface area contributed by atoms with Crippen molar-refractivity contribution in [2.45, 2.75) is 25.3 Å². The van der Waals surface area contributed by atoms with E-state index >= 15 is 0 Å². The Bertz CT molecular complexity index is 1400. The molecule has 0 spiro atoms. The summed E-state index contributed by atoms with van der Waals surface area (Å²) in [6.45, 7) is 4.09. The lowest BCUT2D eigenvalue weighted by atomic mass is 10.1. The lowest BCUT2D eigenvalue weighted by Crippen LogP contribution is -2.15. The van der Waals surface area contributed by atoms with Crippen LogP contribution < -0.4 is 14.8 Å². The van der Waals surface area contributed by atoms with Gasteiger partial charge in [-0.1, -0.05) is 18.2 Å². The molecule has 0 radical (unpaired) electrons. The van der Waals surface area contributed by atoms with Crippen LogP contribution >= 0.6 is 11.3 Å². The number of aryl methyl sites for hydroxylation is 2. The smallest absolute Gasteiger partial charge is 0.261 e. The molecule has 1 aromatic heterocycles. The molecule has 0 aliphatic rings. The zero-order valence-electron chi connectivity index (χ0n) is 18.6. The molecule has 0 aliphatic carbocycles. The Morgan fingerprint density at radius 2 is 1.76 bits per heavy atom. The average Bonchev–Trinajstić information content (AvgIpc) is 3.34. The van der Waals surface area contributed by atoms with Crippen molar-refractivity contribution in [3.05, 3.63) is 100 Å². The van der Waals surface area contributed by atoms with Crippen molar-refractivity contribution in [2.75, 3.05) is 10.0 Å². The number of anilines is 2. The number of para-hydroxylation sites is 2. The average molecular weight is 494 g/mol. The number of benzene rings is 3. The molecule has 34 heavy (non-hydrogen) atoms. The van der Waals surface area contributed by atoms with Crippen LogP contribution in [0, 0.1) is 13.8 Å². The molecular weight excluding hydrogens is 470 g/mol. The summed E-state index contributed by atoms with van der Waals surface area (Å²) in [4.78, 5) is 17.1. The molecule has 0 fully saturated rings. The fourth-order valence-electron chi connectivity index (χ4n) is 3.14. The van der Waals surface area contributed by atoms with E-state index < -0.39 is 10.0 Å². The summed E-state index contributed by atoms with van der Waals surface area (Å²) in [6, 6.07) is 18.4. The third-order valence-corrected chi connectivity index (χ3v) is 7.20. The Kier molecular flexibility index (Phi) is 6.95. The maximum absolute atomic E-state index is 12.8. The minimum absolute atomic E-state index is 0.187. The maximum Gasteiger partial charge on any atom is 0.261 e. The minimum atomic E-state index is -3.74. The number of carbonyl (C=O) groups is 1. The summed E-state index contributed by atoms with van der Waals surface area (Å²) in [5, 5.41) is 4.74. The Morgan fingerprint density at radius 1 is 1.00 bits per heavy atom. The molecule has 0 bridgehead atoms. The van der Waals surface area contributed by atoms with E-state index in [0.717, 1.165) is 16.8 Å². The van der Waals surface area contributed by atoms with Crippen molar-refractivity contribution in [3.8, 4) is 5.75 Å². The number of nitrogens with one attached hydrogen (secondary N) is 2. The molecular formula is C25H23N3O4S2. The van der Waals surface area contributed by atoms with E-state index in [-0.39, 0.29) is 10.8 Å². The zero-order valence-corrected chi connectivity index (χ0v) is 20.2. The number of sulfonamides is 1. The van der Waals surface area contributed by atoms with E-state index in [2.05, 4.69) is 15.0 Å². The van der Waals surface area contributed by atoms with Gasteiger partial charge in [-0.15, -0.1) is 11.3 Å². The van der Waals surface area contributed by atoms with Gasteiger partial charge in [-0.2, -0.15) is 0 Å². The van der Waals surface area contributed by atoms with Gasteiger partial charge < -0.3 is 10.1 Å². The highest BCUT2D eigenvalue weighted by atomic mass is 32.2. The van der Waals surface area contributed by atoms with Crippen LogP contribution in [0.2, 0.25) is 0 Å². The Balaban J connectivity index is 1.43. The van der Waals surface area contributed by atoms with E-state index in [9.17, 15) is 13.2 Å². The summed E-state index contributed by atoms with van der Waals surface area (Å²) in [5.41, 5.74) is 5.73. The molecule has 1 amide bonds. The van der Waals surface area contributed by atoms with Gasteiger partial charge in [-0.05, 0) is 73.5 Å². The normalized spacial score (nSPS) is 11.1. The van der Waals surface area contributed by atoms with Crippen molar-refractivity contribution in [1.29, 1.82) is 0 Å². The maximum atomic E-state index is 12.8. The summed E-state index contributed by atoms with van der Waals surface area (Å²) in [5.74, 6) is 0.190. The highest BCUT2D eigenvalue weighted by Crippen LogP contribution is 2.26. The number of carbonyl (C=O) groups excluding carboxylic acids is 1. The number of aromatic nitrogens is 1. The molecule has 2 N–H and O–H groups in total. The van der Waals surface area contributed by atoms with Gasteiger partial charge in [0.05, 0.1) is 21.8 Å². The van der Waals surface area contributed by atoms with E-state index in [1.807, 2.05) is 25.3 Å². The van der Waals surface area contributed by atoms with Gasteiger partial charge in [0.25, 0.3) is 15.9 Å². The first-order valence-corrected chi connectivity index (χ1v) is 12.8. The number of ether oxygens (including phenoxy) is 1. The Morgan fingerprint density at radius 3 is 2.47 bits per heavy atom. The fraction of sp³-hybridized carbons (Fsp3) is 0.120. The van der Waals surface area contributed by atoms with Crippen molar-refractivity contribution in [3.63, 3.8) is 0 Å². The lowest BCUT2D eigenvalue weighted by Gasteiger charge is -2.13. The van der Waals surface area contributed by atoms with Crippen molar-refractivity contribution in [1.82, 2.24) is 4.98 Å². The molecule has 3 aromatic carbocycles. The summed E-state index contributed by atoms with van der Waals surface area (Å²) >= 11 is 1.49.